The van der Waals surface area contributed by atoms with Gasteiger partial charge >= 0.3 is 0 Å². The molecule has 0 spiro atoms. The van der Waals surface area contributed by atoms with E-state index in [1.54, 1.807) is 24.7 Å². The zero-order valence-electron chi connectivity index (χ0n) is 15.1. The van der Waals surface area contributed by atoms with Crippen molar-refractivity contribution in [3.05, 3.63) is 12.0 Å². The second kappa shape index (κ2) is 7.45. The van der Waals surface area contributed by atoms with Crippen LogP contribution in [0.4, 0.5) is 0 Å². The lowest BCUT2D eigenvalue weighted by atomic mass is 10.0. The zero-order chi connectivity index (χ0) is 18.0. The van der Waals surface area contributed by atoms with E-state index in [1.165, 1.54) is 17.1 Å². The summed E-state index contributed by atoms with van der Waals surface area (Å²) in [4.78, 5) is 18.5. The molecule has 2 fully saturated rings. The summed E-state index contributed by atoms with van der Waals surface area (Å²) in [5, 5.41) is 0.0956. The van der Waals surface area contributed by atoms with Crippen LogP contribution in [0, 0.1) is 12.8 Å². The van der Waals surface area contributed by atoms with Gasteiger partial charge in [-0.1, -0.05) is 12.8 Å². The Balaban J connectivity index is 1.63. The Morgan fingerprint density at radius 2 is 1.88 bits per heavy atom. The largest absolute Gasteiger partial charge is 0.341 e. The number of carbonyl (C=O) groups is 1. The molecule has 2 aliphatic rings. The van der Waals surface area contributed by atoms with E-state index < -0.39 is 10.0 Å². The number of hydrogen-bond donors (Lipinski definition) is 0. The monoisotopic (exact) mass is 368 g/mol. The number of sulfonamides is 1. The molecule has 0 bridgehead atoms. The zero-order valence-corrected chi connectivity index (χ0v) is 16.0. The molecule has 8 heteroatoms. The maximum atomic E-state index is 12.8. The average molecular weight is 369 g/mol. The SMILES string of the molecule is Cc1nc(S(=O)(=O)N2CCCN(C(=O)CC3CCCC3)CC2)cn1C. The van der Waals surface area contributed by atoms with Crippen molar-refractivity contribution in [3.8, 4) is 0 Å². The predicted octanol–water partition coefficient (Wildman–Crippen LogP) is 1.53. The van der Waals surface area contributed by atoms with Crippen LogP contribution in [0.2, 0.25) is 0 Å². The second-order valence-corrected chi connectivity index (χ2v) is 9.12. The summed E-state index contributed by atoms with van der Waals surface area (Å²) in [5.41, 5.74) is 0. The number of hydrogen-bond acceptors (Lipinski definition) is 4. The highest BCUT2D eigenvalue weighted by atomic mass is 32.2. The molecular formula is C17H28N4O3S. The Bertz CT molecular complexity index is 703. The van der Waals surface area contributed by atoms with Gasteiger partial charge in [-0.05, 0) is 32.1 Å². The number of aromatic nitrogens is 2. The third kappa shape index (κ3) is 4.06. The van der Waals surface area contributed by atoms with Gasteiger partial charge in [-0.25, -0.2) is 13.4 Å². The quantitative estimate of drug-likeness (QED) is 0.808. The predicted molar refractivity (Wildman–Crippen MR) is 94.5 cm³/mol. The van der Waals surface area contributed by atoms with Gasteiger partial charge in [0.05, 0.1) is 0 Å². The fourth-order valence-electron chi connectivity index (χ4n) is 3.76. The van der Waals surface area contributed by atoms with Crippen LogP contribution in [0.5, 0.6) is 0 Å². The minimum absolute atomic E-state index is 0.0956. The van der Waals surface area contributed by atoms with Crippen LogP contribution in [-0.2, 0) is 21.9 Å². The molecular weight excluding hydrogens is 340 g/mol. The van der Waals surface area contributed by atoms with Crippen molar-refractivity contribution in [2.24, 2.45) is 13.0 Å². The molecule has 1 saturated carbocycles. The summed E-state index contributed by atoms with van der Waals surface area (Å²) in [7, 11) is -1.81. The van der Waals surface area contributed by atoms with Crippen molar-refractivity contribution in [1.82, 2.24) is 18.8 Å². The van der Waals surface area contributed by atoms with E-state index in [2.05, 4.69) is 4.98 Å². The molecule has 0 radical (unpaired) electrons. The van der Waals surface area contributed by atoms with Gasteiger partial charge < -0.3 is 9.47 Å². The molecule has 2 heterocycles. The lowest BCUT2D eigenvalue weighted by molar-refractivity contribution is -0.132. The molecule has 0 atom stereocenters. The number of amides is 1. The normalized spacial score (nSPS) is 20.8. The van der Waals surface area contributed by atoms with Crippen LogP contribution in [0.3, 0.4) is 0 Å². The summed E-state index contributed by atoms with van der Waals surface area (Å²) in [5.74, 6) is 1.37. The van der Waals surface area contributed by atoms with Crippen LogP contribution >= 0.6 is 0 Å². The second-order valence-electron chi connectivity index (χ2n) is 7.23. The summed E-state index contributed by atoms with van der Waals surface area (Å²) in [6.07, 6.45) is 7.60. The van der Waals surface area contributed by atoms with E-state index in [1.807, 2.05) is 4.90 Å². The average Bonchev–Trinajstić information content (AvgIpc) is 3.10. The summed E-state index contributed by atoms with van der Waals surface area (Å²) in [6.45, 7) is 3.67. The number of aryl methyl sites for hydroxylation is 2. The Morgan fingerprint density at radius 3 is 2.52 bits per heavy atom. The highest BCUT2D eigenvalue weighted by Crippen LogP contribution is 2.28. The maximum absolute atomic E-state index is 12.8. The molecule has 140 valence electrons. The van der Waals surface area contributed by atoms with Gasteiger partial charge in [-0.2, -0.15) is 4.31 Å². The minimum Gasteiger partial charge on any atom is -0.341 e. The van der Waals surface area contributed by atoms with Crippen LogP contribution in [0.25, 0.3) is 0 Å². The molecule has 0 unspecified atom stereocenters. The molecule has 1 aromatic heterocycles. The van der Waals surface area contributed by atoms with E-state index in [9.17, 15) is 13.2 Å². The van der Waals surface area contributed by atoms with Crippen LogP contribution < -0.4 is 0 Å². The minimum atomic E-state index is -3.60. The summed E-state index contributed by atoms with van der Waals surface area (Å²) in [6, 6.07) is 0. The summed E-state index contributed by atoms with van der Waals surface area (Å²) >= 11 is 0. The van der Waals surface area contributed by atoms with E-state index in [0.29, 0.717) is 50.8 Å². The Labute approximate surface area is 150 Å². The first-order chi connectivity index (χ1) is 11.9. The fourth-order valence-corrected chi connectivity index (χ4v) is 5.25. The van der Waals surface area contributed by atoms with Crippen LogP contribution in [-0.4, -0.2) is 59.3 Å². The molecule has 0 aromatic carbocycles. The first kappa shape index (κ1) is 18.4. The van der Waals surface area contributed by atoms with Crippen LogP contribution in [0.15, 0.2) is 11.2 Å². The lowest BCUT2D eigenvalue weighted by Gasteiger charge is -2.22. The van der Waals surface area contributed by atoms with E-state index in [-0.39, 0.29) is 10.9 Å². The third-order valence-electron chi connectivity index (χ3n) is 5.44. The van der Waals surface area contributed by atoms with Crippen LogP contribution in [0.1, 0.15) is 44.3 Å². The Morgan fingerprint density at radius 1 is 1.16 bits per heavy atom. The molecule has 1 saturated heterocycles. The number of imidazole rings is 1. The van der Waals surface area contributed by atoms with Gasteiger partial charge in [0.2, 0.25) is 5.91 Å². The fraction of sp³-hybridized carbons (Fsp3) is 0.765. The van der Waals surface area contributed by atoms with E-state index in [4.69, 9.17) is 0 Å². The standard InChI is InChI=1S/C17H28N4O3S/c1-14-18-16(13-19(14)2)25(23,24)21-9-5-8-20(10-11-21)17(22)12-15-6-3-4-7-15/h13,15H,3-12H2,1-2H3. The van der Waals surface area contributed by atoms with Gasteiger partial charge in [-0.15, -0.1) is 0 Å². The lowest BCUT2D eigenvalue weighted by Crippen LogP contribution is -2.37. The van der Waals surface area contributed by atoms with Crippen molar-refractivity contribution in [2.45, 2.75) is 50.5 Å². The van der Waals surface area contributed by atoms with Gasteiger partial charge in [-0.3, -0.25) is 4.79 Å². The molecule has 1 aliphatic heterocycles. The summed E-state index contributed by atoms with van der Waals surface area (Å²) < 4.78 is 28.8. The number of carbonyl (C=O) groups excluding carboxylic acids is 1. The smallest absolute Gasteiger partial charge is 0.262 e. The van der Waals surface area contributed by atoms with Crippen molar-refractivity contribution < 1.29 is 13.2 Å². The molecule has 0 N–H and O–H groups in total. The highest BCUT2D eigenvalue weighted by Gasteiger charge is 2.31. The first-order valence-corrected chi connectivity index (χ1v) is 10.6. The molecule has 1 aromatic rings. The van der Waals surface area contributed by atoms with E-state index in [0.717, 1.165) is 12.8 Å². The molecule has 1 aliphatic carbocycles. The third-order valence-corrected chi connectivity index (χ3v) is 7.21. The van der Waals surface area contributed by atoms with Crippen molar-refractivity contribution in [2.75, 3.05) is 26.2 Å². The Hall–Kier alpha value is -1.41. The molecule has 7 nitrogen and oxygen atoms in total. The van der Waals surface area contributed by atoms with Gasteiger partial charge in [0.1, 0.15) is 5.82 Å². The van der Waals surface area contributed by atoms with Crippen molar-refractivity contribution in [3.63, 3.8) is 0 Å². The molecule has 1 amide bonds. The Kier molecular flexibility index (Phi) is 5.48. The van der Waals surface area contributed by atoms with Gasteiger partial charge in [0.15, 0.2) is 5.03 Å². The van der Waals surface area contributed by atoms with Gasteiger partial charge in [0.25, 0.3) is 10.0 Å². The molecule has 25 heavy (non-hydrogen) atoms. The highest BCUT2D eigenvalue weighted by molar-refractivity contribution is 7.89. The van der Waals surface area contributed by atoms with Crippen molar-refractivity contribution in [1.29, 1.82) is 0 Å². The maximum Gasteiger partial charge on any atom is 0.262 e. The number of rotatable bonds is 4. The topological polar surface area (TPSA) is 75.5 Å². The number of nitrogens with zero attached hydrogens (tertiary/aromatic N) is 4. The van der Waals surface area contributed by atoms with E-state index >= 15 is 0 Å². The van der Waals surface area contributed by atoms with Crippen molar-refractivity contribution >= 4 is 15.9 Å². The van der Waals surface area contributed by atoms with Gasteiger partial charge in [0, 0.05) is 45.8 Å². The molecule has 3 rings (SSSR count). The first-order valence-electron chi connectivity index (χ1n) is 9.16.